The van der Waals surface area contributed by atoms with Crippen LogP contribution in [0, 0.1) is 20.8 Å². The Balaban J connectivity index is 1.62. The predicted molar refractivity (Wildman–Crippen MR) is 101 cm³/mol. The van der Waals surface area contributed by atoms with Gasteiger partial charge in [0.15, 0.2) is 0 Å². The Bertz CT molecular complexity index is 735. The normalized spacial score (nSPS) is 16.5. The average Bonchev–Trinajstić information content (AvgIpc) is 3.00. The van der Waals surface area contributed by atoms with Gasteiger partial charge >= 0.3 is 0 Å². The quantitative estimate of drug-likeness (QED) is 0.858. The molecule has 0 aliphatic carbocycles. The molecule has 0 atom stereocenters. The molecular formula is C19H30N6. The fourth-order valence-electron chi connectivity index (χ4n) is 3.24. The third-order valence-electron chi connectivity index (χ3n) is 4.88. The summed E-state index contributed by atoms with van der Waals surface area (Å²) in [5.74, 6) is 1.96. The van der Waals surface area contributed by atoms with E-state index in [0.717, 1.165) is 50.1 Å². The summed E-state index contributed by atoms with van der Waals surface area (Å²) in [6.45, 7) is 17.8. The number of piperazine rings is 1. The van der Waals surface area contributed by atoms with Gasteiger partial charge in [-0.3, -0.25) is 9.58 Å². The molecule has 0 N–H and O–H groups in total. The molecule has 0 amide bonds. The van der Waals surface area contributed by atoms with E-state index in [9.17, 15) is 0 Å². The molecule has 6 heteroatoms. The summed E-state index contributed by atoms with van der Waals surface area (Å²) in [5.41, 5.74) is 3.61. The van der Waals surface area contributed by atoms with Gasteiger partial charge in [-0.1, -0.05) is 0 Å². The molecule has 0 radical (unpaired) electrons. The van der Waals surface area contributed by atoms with E-state index in [4.69, 9.17) is 0 Å². The van der Waals surface area contributed by atoms with Crippen molar-refractivity contribution in [1.29, 1.82) is 0 Å². The molecule has 1 fully saturated rings. The topological polar surface area (TPSA) is 50.1 Å². The Hall–Kier alpha value is -1.95. The van der Waals surface area contributed by atoms with Crippen LogP contribution in [0.1, 0.15) is 43.4 Å². The van der Waals surface area contributed by atoms with Crippen LogP contribution in [-0.2, 0) is 12.1 Å². The lowest BCUT2D eigenvalue weighted by Crippen LogP contribution is -2.46. The van der Waals surface area contributed by atoms with Crippen LogP contribution < -0.4 is 4.90 Å². The van der Waals surface area contributed by atoms with Gasteiger partial charge in [-0.05, 0) is 41.5 Å². The zero-order valence-electron chi connectivity index (χ0n) is 16.4. The van der Waals surface area contributed by atoms with Gasteiger partial charge in [-0.2, -0.15) is 5.10 Å². The number of hydrogen-bond donors (Lipinski definition) is 0. The molecule has 0 saturated carbocycles. The highest BCUT2D eigenvalue weighted by Gasteiger charge is 2.21. The number of aromatic nitrogens is 4. The van der Waals surface area contributed by atoms with E-state index < -0.39 is 0 Å². The third kappa shape index (κ3) is 4.00. The Morgan fingerprint density at radius 1 is 1.00 bits per heavy atom. The van der Waals surface area contributed by atoms with Gasteiger partial charge in [-0.25, -0.2) is 9.97 Å². The monoisotopic (exact) mass is 342 g/mol. The highest BCUT2D eigenvalue weighted by Crippen LogP contribution is 2.22. The molecule has 2 aromatic rings. The Morgan fingerprint density at radius 3 is 2.28 bits per heavy atom. The molecule has 2 aromatic heterocycles. The molecule has 0 aromatic carbocycles. The van der Waals surface area contributed by atoms with Crippen molar-refractivity contribution in [3.8, 4) is 0 Å². The molecule has 0 bridgehead atoms. The van der Waals surface area contributed by atoms with Crippen LogP contribution in [0.2, 0.25) is 0 Å². The SMILES string of the molecule is Cc1nc(C)c(C)c(N2CCN(Cc3cnn(C(C)(C)C)c3)CC2)n1. The van der Waals surface area contributed by atoms with Crippen LogP contribution >= 0.6 is 0 Å². The van der Waals surface area contributed by atoms with Crippen LogP contribution in [0.4, 0.5) is 5.82 Å². The van der Waals surface area contributed by atoms with E-state index in [1.54, 1.807) is 0 Å². The second kappa shape index (κ2) is 6.75. The molecule has 3 rings (SSSR count). The van der Waals surface area contributed by atoms with E-state index in [1.165, 1.54) is 11.1 Å². The first-order valence-electron chi connectivity index (χ1n) is 9.07. The lowest BCUT2D eigenvalue weighted by molar-refractivity contribution is 0.248. The van der Waals surface area contributed by atoms with Gasteiger partial charge < -0.3 is 4.90 Å². The molecule has 3 heterocycles. The molecule has 25 heavy (non-hydrogen) atoms. The van der Waals surface area contributed by atoms with Crippen molar-refractivity contribution in [3.05, 3.63) is 35.0 Å². The number of anilines is 1. The fourth-order valence-corrected chi connectivity index (χ4v) is 3.24. The lowest BCUT2D eigenvalue weighted by atomic mass is 10.1. The number of aryl methyl sites for hydroxylation is 2. The molecule has 136 valence electrons. The average molecular weight is 342 g/mol. The fraction of sp³-hybridized carbons (Fsp3) is 0.632. The van der Waals surface area contributed by atoms with Gasteiger partial charge in [0.1, 0.15) is 11.6 Å². The minimum absolute atomic E-state index is 0.0389. The van der Waals surface area contributed by atoms with Crippen molar-refractivity contribution < 1.29 is 0 Å². The van der Waals surface area contributed by atoms with Crippen LogP contribution in [0.3, 0.4) is 0 Å². The Labute approximate surface area is 150 Å². The van der Waals surface area contributed by atoms with E-state index >= 15 is 0 Å². The summed E-state index contributed by atoms with van der Waals surface area (Å²) in [7, 11) is 0. The van der Waals surface area contributed by atoms with Gasteiger partial charge in [0.05, 0.1) is 11.7 Å². The highest BCUT2D eigenvalue weighted by atomic mass is 15.3. The second-order valence-corrected chi connectivity index (χ2v) is 8.03. The summed E-state index contributed by atoms with van der Waals surface area (Å²) in [4.78, 5) is 14.0. The Kier molecular flexibility index (Phi) is 4.82. The molecule has 1 saturated heterocycles. The van der Waals surface area contributed by atoms with Crippen molar-refractivity contribution in [3.63, 3.8) is 0 Å². The standard InChI is InChI=1S/C19H30N6/c1-14-15(2)21-16(3)22-18(14)24-9-7-23(8-10-24)12-17-11-20-25(13-17)19(4,5)6/h11,13H,7-10,12H2,1-6H3. The summed E-state index contributed by atoms with van der Waals surface area (Å²) < 4.78 is 2.05. The Morgan fingerprint density at radius 2 is 1.68 bits per heavy atom. The van der Waals surface area contributed by atoms with E-state index in [2.05, 4.69) is 65.7 Å². The zero-order valence-corrected chi connectivity index (χ0v) is 16.4. The largest absolute Gasteiger partial charge is 0.354 e. The van der Waals surface area contributed by atoms with Crippen LogP contribution in [0.25, 0.3) is 0 Å². The van der Waals surface area contributed by atoms with Gasteiger partial charge in [0, 0.05) is 55.7 Å². The van der Waals surface area contributed by atoms with Crippen molar-refractivity contribution >= 4 is 5.82 Å². The van der Waals surface area contributed by atoms with E-state index in [0.29, 0.717) is 0 Å². The van der Waals surface area contributed by atoms with E-state index in [-0.39, 0.29) is 5.54 Å². The number of nitrogens with zero attached hydrogens (tertiary/aromatic N) is 6. The van der Waals surface area contributed by atoms with Crippen LogP contribution in [-0.4, -0.2) is 50.8 Å². The van der Waals surface area contributed by atoms with Crippen molar-refractivity contribution in [2.75, 3.05) is 31.1 Å². The molecule has 6 nitrogen and oxygen atoms in total. The summed E-state index contributed by atoms with van der Waals surface area (Å²) in [5, 5.41) is 4.51. The van der Waals surface area contributed by atoms with Gasteiger partial charge in [0.2, 0.25) is 0 Å². The third-order valence-corrected chi connectivity index (χ3v) is 4.88. The number of rotatable bonds is 3. The molecule has 0 spiro atoms. The minimum atomic E-state index is 0.0389. The zero-order chi connectivity index (χ0) is 18.2. The minimum Gasteiger partial charge on any atom is -0.354 e. The highest BCUT2D eigenvalue weighted by molar-refractivity contribution is 5.48. The van der Waals surface area contributed by atoms with E-state index in [1.807, 2.05) is 17.8 Å². The molecular weight excluding hydrogens is 312 g/mol. The maximum Gasteiger partial charge on any atom is 0.135 e. The smallest absolute Gasteiger partial charge is 0.135 e. The maximum atomic E-state index is 4.68. The first-order chi connectivity index (χ1) is 11.7. The lowest BCUT2D eigenvalue weighted by Gasteiger charge is -2.36. The number of hydrogen-bond acceptors (Lipinski definition) is 5. The first-order valence-corrected chi connectivity index (χ1v) is 9.07. The van der Waals surface area contributed by atoms with Crippen molar-refractivity contribution in [2.45, 2.75) is 53.6 Å². The summed E-state index contributed by atoms with van der Waals surface area (Å²) >= 11 is 0. The molecule has 1 aliphatic heterocycles. The summed E-state index contributed by atoms with van der Waals surface area (Å²) in [6, 6.07) is 0. The van der Waals surface area contributed by atoms with Crippen molar-refractivity contribution in [2.24, 2.45) is 0 Å². The second-order valence-electron chi connectivity index (χ2n) is 8.03. The maximum absolute atomic E-state index is 4.68. The molecule has 1 aliphatic rings. The first kappa shape index (κ1) is 17.9. The van der Waals surface area contributed by atoms with Crippen LogP contribution in [0.15, 0.2) is 12.4 Å². The van der Waals surface area contributed by atoms with Gasteiger partial charge in [-0.15, -0.1) is 0 Å². The molecule has 0 unspecified atom stereocenters. The van der Waals surface area contributed by atoms with Crippen molar-refractivity contribution in [1.82, 2.24) is 24.6 Å². The predicted octanol–water partition coefficient (Wildman–Crippen LogP) is 2.68. The summed E-state index contributed by atoms with van der Waals surface area (Å²) in [6.07, 6.45) is 4.17. The van der Waals surface area contributed by atoms with Gasteiger partial charge in [0.25, 0.3) is 0 Å². The van der Waals surface area contributed by atoms with Crippen LogP contribution in [0.5, 0.6) is 0 Å².